The molecule has 0 aliphatic carbocycles. The number of carbonyl (C=O) groups excluding carboxylic acids is 1. The van der Waals surface area contributed by atoms with E-state index < -0.39 is 11.8 Å². The Labute approximate surface area is 172 Å². The molecule has 1 heterocycles. The highest BCUT2D eigenvalue weighted by Gasteiger charge is 2.10. The van der Waals surface area contributed by atoms with E-state index in [1.165, 1.54) is 36.1 Å². The highest BCUT2D eigenvalue weighted by Crippen LogP contribution is 2.31. The lowest BCUT2D eigenvalue weighted by Gasteiger charge is -2.11. The first-order chi connectivity index (χ1) is 14.5. The lowest BCUT2D eigenvalue weighted by atomic mass is 10.1. The van der Waals surface area contributed by atoms with Gasteiger partial charge in [0.25, 0.3) is 5.56 Å². The molecule has 3 rings (SSSR count). The zero-order valence-electron chi connectivity index (χ0n) is 16.5. The molecule has 156 valence electrons. The van der Waals surface area contributed by atoms with Gasteiger partial charge in [-0.1, -0.05) is 12.1 Å². The molecule has 0 atom stereocenters. The number of anilines is 1. The fourth-order valence-electron chi connectivity index (χ4n) is 2.76. The molecule has 0 aliphatic heterocycles. The van der Waals surface area contributed by atoms with Crippen LogP contribution < -0.4 is 25.7 Å². The molecule has 30 heavy (non-hydrogen) atoms. The van der Waals surface area contributed by atoms with E-state index in [4.69, 9.17) is 9.47 Å². The summed E-state index contributed by atoms with van der Waals surface area (Å²) in [6.45, 7) is 0.271. The molecule has 0 unspecified atom stereocenters. The van der Waals surface area contributed by atoms with Gasteiger partial charge in [-0.3, -0.25) is 4.79 Å². The molecule has 9 heteroatoms. The van der Waals surface area contributed by atoms with Crippen LogP contribution in [0.15, 0.2) is 59.4 Å². The zero-order chi connectivity index (χ0) is 21.5. The number of ether oxygens (including phenoxy) is 2. The predicted octanol–water partition coefficient (Wildman–Crippen LogP) is 2.89. The number of aromatic nitrogens is 2. The first-order valence-electron chi connectivity index (χ1n) is 9.12. The number of para-hydroxylation sites is 1. The average Bonchev–Trinajstić information content (AvgIpc) is 2.76. The maximum absolute atomic E-state index is 13.6. The molecule has 3 aromatic rings. The van der Waals surface area contributed by atoms with E-state index in [0.717, 1.165) is 5.56 Å². The topological polar surface area (TPSA) is 94.5 Å². The van der Waals surface area contributed by atoms with Gasteiger partial charge < -0.3 is 20.1 Å². The Kier molecular flexibility index (Phi) is 6.63. The second-order valence-corrected chi connectivity index (χ2v) is 6.21. The summed E-state index contributed by atoms with van der Waals surface area (Å²) in [7, 11) is 3.08. The third-order valence-electron chi connectivity index (χ3n) is 4.28. The maximum atomic E-state index is 13.6. The van der Waals surface area contributed by atoms with Gasteiger partial charge in [0.2, 0.25) is 0 Å². The summed E-state index contributed by atoms with van der Waals surface area (Å²) in [4.78, 5) is 24.1. The van der Waals surface area contributed by atoms with E-state index in [9.17, 15) is 14.0 Å². The molecule has 8 nitrogen and oxygen atoms in total. The normalized spacial score (nSPS) is 10.4. The van der Waals surface area contributed by atoms with E-state index in [1.54, 1.807) is 37.4 Å². The third-order valence-corrected chi connectivity index (χ3v) is 4.28. The van der Waals surface area contributed by atoms with Crippen LogP contribution in [0.3, 0.4) is 0 Å². The number of methoxy groups -OCH3 is 2. The Morgan fingerprint density at radius 3 is 2.57 bits per heavy atom. The van der Waals surface area contributed by atoms with Crippen molar-refractivity contribution in [2.24, 2.45) is 0 Å². The van der Waals surface area contributed by atoms with Gasteiger partial charge in [-0.25, -0.2) is 13.9 Å². The summed E-state index contributed by atoms with van der Waals surface area (Å²) in [6.07, 6.45) is 0. The average molecular weight is 412 g/mol. The summed E-state index contributed by atoms with van der Waals surface area (Å²) >= 11 is 0. The van der Waals surface area contributed by atoms with Crippen molar-refractivity contribution >= 4 is 11.7 Å². The molecule has 0 radical (unpaired) electrons. The molecule has 2 N–H and O–H groups in total. The molecule has 0 aliphatic rings. The van der Waals surface area contributed by atoms with Crippen molar-refractivity contribution < 1.29 is 18.7 Å². The van der Waals surface area contributed by atoms with Crippen molar-refractivity contribution in [3.63, 3.8) is 0 Å². The molecule has 0 bridgehead atoms. The van der Waals surface area contributed by atoms with Crippen LogP contribution in [0, 0.1) is 5.82 Å². The fourth-order valence-corrected chi connectivity index (χ4v) is 2.76. The minimum Gasteiger partial charge on any atom is -0.493 e. The van der Waals surface area contributed by atoms with Gasteiger partial charge in [0.1, 0.15) is 5.82 Å². The number of halogens is 1. The molecule has 1 aromatic heterocycles. The van der Waals surface area contributed by atoms with Gasteiger partial charge in [-0.15, -0.1) is 0 Å². The summed E-state index contributed by atoms with van der Waals surface area (Å²) in [5, 5.41) is 9.33. The number of nitrogens with one attached hydrogen (secondary N) is 2. The van der Waals surface area contributed by atoms with Crippen LogP contribution in [0.4, 0.5) is 14.9 Å². The molecule has 0 spiro atoms. The minimum absolute atomic E-state index is 0.0701. The van der Waals surface area contributed by atoms with Crippen molar-refractivity contribution in [2.75, 3.05) is 26.1 Å². The number of urea groups is 1. The van der Waals surface area contributed by atoms with Crippen molar-refractivity contribution in [2.45, 2.75) is 6.54 Å². The molecule has 0 saturated heterocycles. The van der Waals surface area contributed by atoms with Crippen molar-refractivity contribution in [1.29, 1.82) is 0 Å². The molecular formula is C21H21FN4O4. The van der Waals surface area contributed by atoms with Crippen LogP contribution in [0.5, 0.6) is 11.5 Å². The quantitative estimate of drug-likeness (QED) is 0.622. The first kappa shape index (κ1) is 20.8. The Balaban J connectivity index is 1.67. The number of amides is 2. The first-order valence-corrected chi connectivity index (χ1v) is 9.12. The Hall–Kier alpha value is -3.88. The van der Waals surface area contributed by atoms with Gasteiger partial charge in [-0.05, 0) is 36.4 Å². The minimum atomic E-state index is -0.579. The number of nitrogens with zero attached hydrogens (tertiary/aromatic N) is 2. The van der Waals surface area contributed by atoms with Gasteiger partial charge in [0.15, 0.2) is 11.5 Å². The van der Waals surface area contributed by atoms with Crippen molar-refractivity contribution in [1.82, 2.24) is 15.1 Å². The van der Waals surface area contributed by atoms with Crippen LogP contribution in [-0.4, -0.2) is 36.6 Å². The summed E-state index contributed by atoms with van der Waals surface area (Å²) in [5.41, 5.74) is 1.06. The SMILES string of the molecule is COc1ccc(-c2ccc(=O)n(CCNC(=O)Nc3ccccc3F)n2)cc1OC. The Morgan fingerprint density at radius 2 is 1.83 bits per heavy atom. The largest absolute Gasteiger partial charge is 0.493 e. The van der Waals surface area contributed by atoms with Crippen molar-refractivity contribution in [3.8, 4) is 22.8 Å². The van der Waals surface area contributed by atoms with Crippen molar-refractivity contribution in [3.05, 3.63) is 70.8 Å². The highest BCUT2D eigenvalue weighted by molar-refractivity contribution is 5.89. The standard InChI is InChI=1S/C21H21FN4O4/c1-29-18-9-7-14(13-19(18)30-2)16-8-10-20(27)26(25-16)12-11-23-21(28)24-17-6-4-3-5-15(17)22/h3-10,13H,11-12H2,1-2H3,(H2,23,24,28). The van der Waals surface area contributed by atoms with Crippen LogP contribution >= 0.6 is 0 Å². The van der Waals surface area contributed by atoms with Crippen LogP contribution in [0.2, 0.25) is 0 Å². The number of carbonyl (C=O) groups is 1. The van der Waals surface area contributed by atoms with Gasteiger partial charge in [-0.2, -0.15) is 5.10 Å². The molecule has 2 aromatic carbocycles. The van der Waals surface area contributed by atoms with Gasteiger partial charge in [0, 0.05) is 18.2 Å². The smallest absolute Gasteiger partial charge is 0.319 e. The second-order valence-electron chi connectivity index (χ2n) is 6.21. The second kappa shape index (κ2) is 9.55. The highest BCUT2D eigenvalue weighted by atomic mass is 19.1. The monoisotopic (exact) mass is 412 g/mol. The lowest BCUT2D eigenvalue weighted by Crippen LogP contribution is -2.34. The maximum Gasteiger partial charge on any atom is 0.319 e. The van der Waals surface area contributed by atoms with E-state index in [-0.39, 0.29) is 24.3 Å². The number of benzene rings is 2. The molecule has 0 fully saturated rings. The molecule has 2 amide bonds. The van der Waals surface area contributed by atoms with E-state index in [0.29, 0.717) is 17.2 Å². The number of hydrogen-bond donors (Lipinski definition) is 2. The van der Waals surface area contributed by atoms with Crippen LogP contribution in [0.1, 0.15) is 0 Å². The molecule has 0 saturated carbocycles. The third kappa shape index (κ3) is 4.93. The fraction of sp³-hybridized carbons (Fsp3) is 0.190. The summed E-state index contributed by atoms with van der Waals surface area (Å²) in [6, 6.07) is 13.6. The van der Waals surface area contributed by atoms with E-state index >= 15 is 0 Å². The number of hydrogen-bond acceptors (Lipinski definition) is 5. The van der Waals surface area contributed by atoms with E-state index in [2.05, 4.69) is 15.7 Å². The van der Waals surface area contributed by atoms with Crippen LogP contribution in [0.25, 0.3) is 11.3 Å². The zero-order valence-corrected chi connectivity index (χ0v) is 16.5. The Morgan fingerprint density at radius 1 is 1.07 bits per heavy atom. The van der Waals surface area contributed by atoms with Gasteiger partial charge >= 0.3 is 6.03 Å². The predicted molar refractivity (Wildman–Crippen MR) is 110 cm³/mol. The Bertz CT molecular complexity index is 1100. The number of rotatable bonds is 7. The van der Waals surface area contributed by atoms with Gasteiger partial charge in [0.05, 0.1) is 32.1 Å². The summed E-state index contributed by atoms with van der Waals surface area (Å²) in [5.74, 6) is 0.592. The summed E-state index contributed by atoms with van der Waals surface area (Å²) < 4.78 is 25.4. The molecular weight excluding hydrogens is 391 g/mol. The lowest BCUT2D eigenvalue weighted by molar-refractivity contribution is 0.251. The van der Waals surface area contributed by atoms with E-state index in [1.807, 2.05) is 0 Å². The van der Waals surface area contributed by atoms with Crippen LogP contribution in [-0.2, 0) is 6.54 Å².